The van der Waals surface area contributed by atoms with Gasteiger partial charge in [0.05, 0.1) is 24.5 Å². The van der Waals surface area contributed by atoms with Gasteiger partial charge >= 0.3 is 11.9 Å². The van der Waals surface area contributed by atoms with Crippen LogP contribution in [0.5, 0.6) is 0 Å². The standard InChI is InChI=1S/C47H70N10O12/c1-8-31-42(63)51-29(7)41(62)56-35(21-25(2)3)44(65)57-36(46(68)69)24-39(60)53-33(15-12-20-50-47(48)49)43(64)54-32(28(6)40(61)55-34(45(66)67)18-19-38(59)52-31)17-16-26(4)22-27(5)37(58)23-30-13-10-9-11-14-30/h8-11,13-14,16-17,22,25,27-29,32-37,58H,12,15,18-21,23-24H2,1-7H3,(H,51,63)(H,52,59)(H,53,60)(H,54,64)(H,55,61)(H,56,62)(H,57,65)(H,66,67)(H,68,69)(H4,48,49,50)/b17-16+,26-22+,31-8-/t27-,28-,29+,32?,33?,34+,35-,36?,37-/m0/s1. The molecule has 1 saturated heterocycles. The van der Waals surface area contributed by atoms with Gasteiger partial charge in [0.25, 0.3) is 5.91 Å². The number of carbonyl (C=O) groups is 9. The number of hydrogen-bond acceptors (Lipinski definition) is 11. The van der Waals surface area contributed by atoms with E-state index >= 15 is 0 Å². The molecule has 0 aromatic heterocycles. The Bertz CT molecular complexity index is 2100. The number of amides is 7. The van der Waals surface area contributed by atoms with Gasteiger partial charge in [0.2, 0.25) is 35.4 Å². The van der Waals surface area contributed by atoms with Crippen LogP contribution in [0.15, 0.2) is 70.9 Å². The molecule has 1 aliphatic rings. The van der Waals surface area contributed by atoms with Gasteiger partial charge in [-0.1, -0.05) is 87.9 Å². The predicted octanol–water partition coefficient (Wildman–Crippen LogP) is -0.234. The van der Waals surface area contributed by atoms with Gasteiger partial charge < -0.3 is 64.0 Å². The van der Waals surface area contributed by atoms with Crippen LogP contribution in [-0.2, 0) is 49.6 Å². The molecule has 0 saturated carbocycles. The molecule has 1 aromatic rings. The monoisotopic (exact) mass is 967 g/mol. The zero-order valence-electron chi connectivity index (χ0n) is 40.2. The first kappa shape index (κ1) is 58.0. The van der Waals surface area contributed by atoms with Crippen molar-refractivity contribution < 1.29 is 58.5 Å². The number of carboxylic acid groups (broad SMARTS) is 2. The molecule has 22 nitrogen and oxygen atoms in total. The third-order valence-electron chi connectivity index (χ3n) is 11.0. The smallest absolute Gasteiger partial charge is 0.326 e. The average molecular weight is 967 g/mol. The summed E-state index contributed by atoms with van der Waals surface area (Å²) in [4.78, 5) is 124. The van der Waals surface area contributed by atoms with Gasteiger partial charge in [-0.25, -0.2) is 9.59 Å². The number of allylic oxidation sites excluding steroid dienone is 3. The summed E-state index contributed by atoms with van der Waals surface area (Å²) in [5.74, 6) is -11.3. The zero-order valence-corrected chi connectivity index (χ0v) is 40.2. The number of benzene rings is 1. The molecule has 0 radical (unpaired) electrons. The summed E-state index contributed by atoms with van der Waals surface area (Å²) in [5, 5.41) is 48.4. The normalized spacial score (nSPS) is 25.1. The average Bonchev–Trinajstić information content (AvgIpc) is 3.27. The zero-order chi connectivity index (χ0) is 52.0. The molecule has 7 amide bonds. The molecule has 1 fully saturated rings. The van der Waals surface area contributed by atoms with E-state index in [1.165, 1.54) is 32.9 Å². The van der Waals surface area contributed by atoms with Gasteiger partial charge in [0.15, 0.2) is 5.96 Å². The van der Waals surface area contributed by atoms with Crippen LogP contribution in [0.3, 0.4) is 0 Å². The predicted molar refractivity (Wildman–Crippen MR) is 255 cm³/mol. The van der Waals surface area contributed by atoms with Crippen molar-refractivity contribution in [1.29, 1.82) is 0 Å². The highest BCUT2D eigenvalue weighted by Crippen LogP contribution is 2.17. The number of hydrogen-bond donors (Lipinski definition) is 12. The molecular formula is C47H70N10O12. The molecule has 1 aliphatic heterocycles. The second-order valence-corrected chi connectivity index (χ2v) is 17.5. The highest BCUT2D eigenvalue weighted by Gasteiger charge is 2.34. The molecule has 380 valence electrons. The lowest BCUT2D eigenvalue weighted by Gasteiger charge is -2.27. The number of aliphatic carboxylic acids is 2. The van der Waals surface area contributed by atoms with E-state index in [2.05, 4.69) is 42.2 Å². The highest BCUT2D eigenvalue weighted by atomic mass is 16.4. The Hall–Kier alpha value is -7.10. The van der Waals surface area contributed by atoms with E-state index in [1.54, 1.807) is 32.9 Å². The van der Waals surface area contributed by atoms with Crippen molar-refractivity contribution in [2.75, 3.05) is 6.54 Å². The van der Waals surface area contributed by atoms with Gasteiger partial charge in [-0.2, -0.15) is 0 Å². The minimum absolute atomic E-state index is 0.0122. The number of carbonyl (C=O) groups excluding carboxylic acids is 7. The maximum absolute atomic E-state index is 14.2. The Morgan fingerprint density at radius 3 is 2.03 bits per heavy atom. The van der Waals surface area contributed by atoms with Crippen LogP contribution in [0.1, 0.15) is 92.6 Å². The largest absolute Gasteiger partial charge is 0.480 e. The molecule has 1 aromatic carbocycles. The third kappa shape index (κ3) is 21.2. The maximum Gasteiger partial charge on any atom is 0.326 e. The Morgan fingerprint density at radius 1 is 0.812 bits per heavy atom. The van der Waals surface area contributed by atoms with Gasteiger partial charge in [-0.05, 0) is 64.4 Å². The van der Waals surface area contributed by atoms with Crippen LogP contribution < -0.4 is 48.7 Å². The molecule has 0 spiro atoms. The molecule has 2 rings (SSSR count). The Morgan fingerprint density at radius 2 is 1.43 bits per heavy atom. The summed E-state index contributed by atoms with van der Waals surface area (Å²) < 4.78 is 0. The van der Waals surface area contributed by atoms with Gasteiger partial charge in [-0.15, -0.1) is 0 Å². The minimum Gasteiger partial charge on any atom is -0.480 e. The fourth-order valence-corrected chi connectivity index (χ4v) is 6.98. The number of aliphatic hydroxyl groups is 1. The third-order valence-corrected chi connectivity index (χ3v) is 11.0. The lowest BCUT2D eigenvalue weighted by atomic mass is 9.94. The van der Waals surface area contributed by atoms with Crippen LogP contribution in [0.2, 0.25) is 0 Å². The summed E-state index contributed by atoms with van der Waals surface area (Å²) in [6, 6.07) is 0.654. The maximum atomic E-state index is 14.2. The number of guanidine groups is 1. The van der Waals surface area contributed by atoms with Crippen LogP contribution >= 0.6 is 0 Å². The van der Waals surface area contributed by atoms with E-state index in [0.717, 1.165) is 5.56 Å². The van der Waals surface area contributed by atoms with Crippen molar-refractivity contribution in [2.24, 2.45) is 34.2 Å². The van der Waals surface area contributed by atoms with Gasteiger partial charge in [0, 0.05) is 18.9 Å². The fourth-order valence-electron chi connectivity index (χ4n) is 6.98. The van der Waals surface area contributed by atoms with E-state index < -0.39 is 121 Å². The molecule has 14 N–H and O–H groups in total. The van der Waals surface area contributed by atoms with Gasteiger partial charge in [0.1, 0.15) is 35.9 Å². The Labute approximate surface area is 402 Å². The second kappa shape index (κ2) is 28.9. The molecule has 9 atom stereocenters. The minimum atomic E-state index is -1.85. The summed E-state index contributed by atoms with van der Waals surface area (Å²) in [6.45, 7) is 11.2. The number of rotatable bonds is 14. The van der Waals surface area contributed by atoms with Crippen molar-refractivity contribution >= 4 is 59.2 Å². The van der Waals surface area contributed by atoms with Crippen LogP contribution in [-0.4, -0.2) is 123 Å². The molecule has 1 heterocycles. The first-order valence-corrected chi connectivity index (χ1v) is 22.8. The number of aliphatic imine (C=N–C) groups is 1. The lowest BCUT2D eigenvalue weighted by molar-refractivity contribution is -0.144. The highest BCUT2D eigenvalue weighted by molar-refractivity contribution is 6.00. The van der Waals surface area contributed by atoms with Crippen molar-refractivity contribution in [3.05, 3.63) is 71.5 Å². The Balaban J connectivity index is 2.66. The van der Waals surface area contributed by atoms with E-state index in [-0.39, 0.29) is 49.3 Å². The van der Waals surface area contributed by atoms with E-state index in [4.69, 9.17) is 11.5 Å². The van der Waals surface area contributed by atoms with Crippen molar-refractivity contribution in [3.8, 4) is 0 Å². The first-order valence-electron chi connectivity index (χ1n) is 22.8. The molecule has 0 bridgehead atoms. The Kier molecular flexibility index (Phi) is 24.3. The molecule has 0 aliphatic carbocycles. The van der Waals surface area contributed by atoms with E-state index in [9.17, 15) is 58.5 Å². The van der Waals surface area contributed by atoms with Crippen molar-refractivity contribution in [3.63, 3.8) is 0 Å². The number of aliphatic hydroxyl groups excluding tert-OH is 1. The number of nitrogens with zero attached hydrogens (tertiary/aromatic N) is 1. The molecule has 3 unspecified atom stereocenters. The SMILES string of the molecule is C/C=C1\NC(=O)CC[C@H](C(=O)O)NC(=O)[C@@H](C)C(/C=C/C(C)=C/[C@H](C)[C@@H](O)Cc2ccccc2)NC(=O)C(CCCN=C(N)N)NC(=O)CC(C(=O)O)NC(=O)[C@H](CC(C)C)NC(=O)[C@@H](C)NC1=O. The van der Waals surface area contributed by atoms with Crippen LogP contribution in [0.25, 0.3) is 0 Å². The van der Waals surface area contributed by atoms with Gasteiger partial charge in [-0.3, -0.25) is 38.6 Å². The summed E-state index contributed by atoms with van der Waals surface area (Å²) >= 11 is 0. The quantitative estimate of drug-likeness (QED) is 0.0377. The molecule has 22 heteroatoms. The summed E-state index contributed by atoms with van der Waals surface area (Å²) in [6.07, 6.45) is 3.92. The van der Waals surface area contributed by atoms with Crippen molar-refractivity contribution in [1.82, 2.24) is 37.2 Å². The van der Waals surface area contributed by atoms with Crippen LogP contribution in [0, 0.1) is 17.8 Å². The fraction of sp³-hybridized carbons (Fsp3) is 0.532. The number of carboxylic acids is 2. The molecule has 69 heavy (non-hydrogen) atoms. The summed E-state index contributed by atoms with van der Waals surface area (Å²) in [7, 11) is 0. The van der Waals surface area contributed by atoms with Crippen LogP contribution in [0.4, 0.5) is 0 Å². The lowest BCUT2D eigenvalue weighted by Crippen LogP contribution is -2.57. The van der Waals surface area contributed by atoms with E-state index in [1.807, 2.05) is 37.3 Å². The summed E-state index contributed by atoms with van der Waals surface area (Å²) in [5.41, 5.74) is 12.2. The second-order valence-electron chi connectivity index (χ2n) is 17.5. The number of nitrogens with one attached hydrogen (secondary N) is 7. The topological polar surface area (TPSA) is 363 Å². The molecular weight excluding hydrogens is 897 g/mol. The number of nitrogens with two attached hydrogens (primary N) is 2. The van der Waals surface area contributed by atoms with Crippen molar-refractivity contribution in [2.45, 2.75) is 136 Å². The van der Waals surface area contributed by atoms with E-state index in [0.29, 0.717) is 12.0 Å². The first-order chi connectivity index (χ1) is 32.4.